The third-order valence-corrected chi connectivity index (χ3v) is 2.74. The Morgan fingerprint density at radius 1 is 0.950 bits per heavy atom. The zero-order valence-corrected chi connectivity index (χ0v) is 10.9. The van der Waals surface area contributed by atoms with Crippen molar-refractivity contribution in [1.29, 1.82) is 0 Å². The predicted molar refractivity (Wildman–Crippen MR) is 71.3 cm³/mol. The molecule has 0 unspecified atom stereocenters. The van der Waals surface area contributed by atoms with Gasteiger partial charge in [0.05, 0.1) is 6.61 Å². The fraction of sp³-hybridized carbons (Fsp3) is 0.200. The number of hydrogen-bond acceptors (Lipinski definition) is 2. The number of hydrogen-bond donors (Lipinski definition) is 1. The van der Waals surface area contributed by atoms with Crippen molar-refractivity contribution in [3.63, 3.8) is 0 Å². The van der Waals surface area contributed by atoms with Crippen LogP contribution in [0.25, 0.3) is 0 Å². The molecule has 0 amide bonds. The highest BCUT2D eigenvalue weighted by Crippen LogP contribution is 2.18. The predicted octanol–water partition coefficient (Wildman–Crippen LogP) is 4.11. The Bertz CT molecular complexity index is 584. The van der Waals surface area contributed by atoms with Gasteiger partial charge in [0.2, 0.25) is 0 Å². The first-order chi connectivity index (χ1) is 9.60. The highest BCUT2D eigenvalue weighted by atomic mass is 19.2. The van der Waals surface area contributed by atoms with Crippen LogP contribution in [0.4, 0.5) is 18.9 Å². The summed E-state index contributed by atoms with van der Waals surface area (Å²) < 4.78 is 44.6. The maximum atomic E-state index is 13.4. The second-order valence-electron chi connectivity index (χ2n) is 4.17. The minimum atomic E-state index is -1.19. The molecule has 0 saturated heterocycles. The molecule has 0 aliphatic heterocycles. The third kappa shape index (κ3) is 3.44. The maximum Gasteiger partial charge on any atom is 0.161 e. The molecule has 2 rings (SSSR count). The van der Waals surface area contributed by atoms with Crippen LogP contribution in [0.1, 0.15) is 12.5 Å². The molecule has 0 aliphatic carbocycles. The van der Waals surface area contributed by atoms with Crippen molar-refractivity contribution in [2.45, 2.75) is 13.5 Å². The first-order valence-corrected chi connectivity index (χ1v) is 6.20. The van der Waals surface area contributed by atoms with Crippen LogP contribution in [0.15, 0.2) is 36.4 Å². The highest BCUT2D eigenvalue weighted by molar-refractivity contribution is 5.46. The van der Waals surface area contributed by atoms with Crippen molar-refractivity contribution in [2.75, 3.05) is 11.9 Å². The van der Waals surface area contributed by atoms with Crippen molar-refractivity contribution in [2.24, 2.45) is 0 Å². The van der Waals surface area contributed by atoms with Crippen LogP contribution in [0.3, 0.4) is 0 Å². The van der Waals surface area contributed by atoms with E-state index in [1.807, 2.05) is 6.92 Å². The molecule has 0 aliphatic rings. The van der Waals surface area contributed by atoms with Gasteiger partial charge in [-0.2, -0.15) is 0 Å². The van der Waals surface area contributed by atoms with E-state index in [-0.39, 0.29) is 12.1 Å². The Balaban J connectivity index is 2.03. The van der Waals surface area contributed by atoms with Gasteiger partial charge in [0, 0.05) is 23.9 Å². The number of rotatable bonds is 5. The standard InChI is InChI=1S/C15H14F3NO/c1-2-20-12-5-3-11(4-6-12)19-9-10-7-14(17)15(18)8-13(10)16/h3-8,19H,2,9H2,1H3. The van der Waals surface area contributed by atoms with Gasteiger partial charge >= 0.3 is 0 Å². The van der Waals surface area contributed by atoms with Crippen LogP contribution in [-0.2, 0) is 6.54 Å². The van der Waals surface area contributed by atoms with Gasteiger partial charge in [-0.05, 0) is 37.3 Å². The molecule has 5 heteroatoms. The number of ether oxygens (including phenoxy) is 1. The molecule has 0 spiro atoms. The molecule has 0 bridgehead atoms. The van der Waals surface area contributed by atoms with Crippen LogP contribution >= 0.6 is 0 Å². The molecule has 0 aromatic heterocycles. The van der Waals surface area contributed by atoms with Crippen molar-refractivity contribution >= 4 is 5.69 Å². The Morgan fingerprint density at radius 3 is 2.25 bits per heavy atom. The summed E-state index contributed by atoms with van der Waals surface area (Å²) in [6, 6.07) is 8.48. The molecule has 0 fully saturated rings. The van der Waals surface area contributed by atoms with E-state index in [1.54, 1.807) is 24.3 Å². The number of benzene rings is 2. The van der Waals surface area contributed by atoms with Gasteiger partial charge in [-0.1, -0.05) is 0 Å². The van der Waals surface area contributed by atoms with Gasteiger partial charge < -0.3 is 10.1 Å². The van der Waals surface area contributed by atoms with E-state index >= 15 is 0 Å². The van der Waals surface area contributed by atoms with Gasteiger partial charge in [-0.15, -0.1) is 0 Å². The maximum absolute atomic E-state index is 13.4. The molecular weight excluding hydrogens is 267 g/mol. The van der Waals surface area contributed by atoms with E-state index in [1.165, 1.54) is 0 Å². The summed E-state index contributed by atoms with van der Waals surface area (Å²) in [7, 11) is 0. The monoisotopic (exact) mass is 281 g/mol. The minimum absolute atomic E-state index is 0.0665. The van der Waals surface area contributed by atoms with Crippen LogP contribution in [0.5, 0.6) is 5.75 Å². The quantitative estimate of drug-likeness (QED) is 0.833. The van der Waals surface area contributed by atoms with Crippen LogP contribution in [0.2, 0.25) is 0 Å². The number of halogens is 3. The largest absolute Gasteiger partial charge is 0.494 e. The lowest BCUT2D eigenvalue weighted by molar-refractivity contribution is 0.340. The molecule has 0 heterocycles. The molecule has 106 valence electrons. The number of anilines is 1. The number of nitrogens with one attached hydrogen (secondary N) is 1. The first-order valence-electron chi connectivity index (χ1n) is 6.20. The van der Waals surface area contributed by atoms with Crippen molar-refractivity contribution < 1.29 is 17.9 Å². The molecule has 0 radical (unpaired) electrons. The molecule has 0 atom stereocenters. The van der Waals surface area contributed by atoms with E-state index in [4.69, 9.17) is 4.74 Å². The molecular formula is C15H14F3NO. The van der Waals surface area contributed by atoms with Gasteiger partial charge in [-0.25, -0.2) is 13.2 Å². The second-order valence-corrected chi connectivity index (χ2v) is 4.17. The summed E-state index contributed by atoms with van der Waals surface area (Å²) in [5, 5.41) is 2.93. The summed E-state index contributed by atoms with van der Waals surface area (Å²) >= 11 is 0. The smallest absolute Gasteiger partial charge is 0.161 e. The fourth-order valence-corrected chi connectivity index (χ4v) is 1.73. The summed E-state index contributed by atoms with van der Waals surface area (Å²) in [5.41, 5.74) is 0.801. The normalized spacial score (nSPS) is 10.4. The fourth-order valence-electron chi connectivity index (χ4n) is 1.73. The Labute approximate surface area is 115 Å². The Morgan fingerprint density at radius 2 is 1.60 bits per heavy atom. The van der Waals surface area contributed by atoms with Crippen molar-refractivity contribution in [1.82, 2.24) is 0 Å². The Kier molecular flexibility index (Phi) is 4.50. The molecule has 2 nitrogen and oxygen atoms in total. The minimum Gasteiger partial charge on any atom is -0.494 e. The van der Waals surface area contributed by atoms with Crippen LogP contribution in [-0.4, -0.2) is 6.61 Å². The SMILES string of the molecule is CCOc1ccc(NCc2cc(F)c(F)cc2F)cc1. The van der Waals surface area contributed by atoms with Crippen molar-refractivity contribution in [3.8, 4) is 5.75 Å². The lowest BCUT2D eigenvalue weighted by Gasteiger charge is -2.09. The molecule has 20 heavy (non-hydrogen) atoms. The summed E-state index contributed by atoms with van der Waals surface area (Å²) in [5.74, 6) is -2.29. The Hall–Kier alpha value is -2.17. The highest BCUT2D eigenvalue weighted by Gasteiger charge is 2.09. The molecule has 2 aromatic rings. The molecule has 1 N–H and O–H groups in total. The second kappa shape index (κ2) is 6.32. The molecule has 0 saturated carbocycles. The van der Waals surface area contributed by atoms with E-state index < -0.39 is 17.5 Å². The zero-order valence-electron chi connectivity index (χ0n) is 10.9. The average molecular weight is 281 g/mol. The topological polar surface area (TPSA) is 21.3 Å². The summed E-state index contributed by atoms with van der Waals surface area (Å²) in [4.78, 5) is 0. The summed E-state index contributed by atoms with van der Waals surface area (Å²) in [6.07, 6.45) is 0. The van der Waals surface area contributed by atoms with Crippen LogP contribution < -0.4 is 10.1 Å². The van der Waals surface area contributed by atoms with Gasteiger partial charge in [0.1, 0.15) is 11.6 Å². The van der Waals surface area contributed by atoms with E-state index in [9.17, 15) is 13.2 Å². The average Bonchev–Trinajstić information content (AvgIpc) is 2.43. The lowest BCUT2D eigenvalue weighted by Crippen LogP contribution is -2.03. The molecule has 2 aromatic carbocycles. The van der Waals surface area contributed by atoms with E-state index in [0.717, 1.165) is 17.5 Å². The third-order valence-electron chi connectivity index (χ3n) is 2.74. The van der Waals surface area contributed by atoms with E-state index in [2.05, 4.69) is 5.32 Å². The lowest BCUT2D eigenvalue weighted by atomic mass is 10.2. The van der Waals surface area contributed by atoms with Crippen LogP contribution in [0, 0.1) is 17.5 Å². The van der Waals surface area contributed by atoms with E-state index in [0.29, 0.717) is 12.7 Å². The van der Waals surface area contributed by atoms with Gasteiger partial charge in [0.25, 0.3) is 0 Å². The zero-order chi connectivity index (χ0) is 14.5. The first kappa shape index (κ1) is 14.2. The van der Waals surface area contributed by atoms with Crippen molar-refractivity contribution in [3.05, 3.63) is 59.4 Å². The summed E-state index contributed by atoms with van der Waals surface area (Å²) in [6.45, 7) is 2.53. The van der Waals surface area contributed by atoms with Gasteiger partial charge in [0.15, 0.2) is 11.6 Å². The van der Waals surface area contributed by atoms with Gasteiger partial charge in [-0.3, -0.25) is 0 Å².